The molecule has 0 aromatic heterocycles. The monoisotopic (exact) mass is 167 g/mol. The summed E-state index contributed by atoms with van der Waals surface area (Å²) in [5, 5.41) is 3.43. The van der Waals surface area contributed by atoms with Gasteiger partial charge in [0.15, 0.2) is 0 Å². The molecule has 1 saturated carbocycles. The van der Waals surface area contributed by atoms with Gasteiger partial charge in [0.05, 0.1) is 0 Å². The fourth-order valence-electron chi connectivity index (χ4n) is 1.75. The summed E-state index contributed by atoms with van der Waals surface area (Å²) in [7, 11) is 0. The van der Waals surface area contributed by atoms with Crippen molar-refractivity contribution in [3.8, 4) is 0 Å². The second-order valence-electron chi connectivity index (χ2n) is 4.25. The lowest BCUT2D eigenvalue weighted by Gasteiger charge is -2.30. The molecule has 0 amide bonds. The Bertz CT molecular complexity index is 170. The zero-order chi connectivity index (χ0) is 9.19. The molecule has 1 heteroatoms. The largest absolute Gasteiger partial charge is 0.316 e. The SMILES string of the molecule is C=C(C)C(C)(CNCC)C1CC1. The second kappa shape index (κ2) is 3.61. The smallest absolute Gasteiger partial charge is 0.00449 e. The third kappa shape index (κ3) is 1.89. The molecule has 1 fully saturated rings. The van der Waals surface area contributed by atoms with Gasteiger partial charge in [0.1, 0.15) is 0 Å². The van der Waals surface area contributed by atoms with Crippen LogP contribution in [0.5, 0.6) is 0 Å². The number of hydrogen-bond donors (Lipinski definition) is 1. The molecule has 0 aliphatic heterocycles. The van der Waals surface area contributed by atoms with Crippen LogP contribution in [0, 0.1) is 11.3 Å². The molecular formula is C11H21N. The van der Waals surface area contributed by atoms with E-state index in [1.54, 1.807) is 0 Å². The van der Waals surface area contributed by atoms with Crippen molar-refractivity contribution in [2.45, 2.75) is 33.6 Å². The fourth-order valence-corrected chi connectivity index (χ4v) is 1.75. The molecule has 70 valence electrons. The van der Waals surface area contributed by atoms with E-state index in [0.29, 0.717) is 5.41 Å². The fraction of sp³-hybridized carbons (Fsp3) is 0.818. The standard InChI is InChI=1S/C11H21N/c1-5-12-8-11(4,9(2)3)10-6-7-10/h10,12H,2,5-8H2,1,3-4H3. The van der Waals surface area contributed by atoms with E-state index in [-0.39, 0.29) is 0 Å². The molecule has 0 saturated heterocycles. The van der Waals surface area contributed by atoms with Gasteiger partial charge in [-0.15, -0.1) is 0 Å². The van der Waals surface area contributed by atoms with Crippen LogP contribution in [0.2, 0.25) is 0 Å². The van der Waals surface area contributed by atoms with Crippen LogP contribution in [0.4, 0.5) is 0 Å². The maximum atomic E-state index is 4.10. The van der Waals surface area contributed by atoms with E-state index < -0.39 is 0 Å². The molecule has 1 aliphatic carbocycles. The minimum absolute atomic E-state index is 0.357. The topological polar surface area (TPSA) is 12.0 Å². The van der Waals surface area contributed by atoms with Crippen LogP contribution in [0.25, 0.3) is 0 Å². The number of rotatable bonds is 5. The van der Waals surface area contributed by atoms with Crippen molar-refractivity contribution in [2.75, 3.05) is 13.1 Å². The Morgan fingerprint density at radius 1 is 1.58 bits per heavy atom. The van der Waals surface area contributed by atoms with Gasteiger partial charge in [0, 0.05) is 12.0 Å². The normalized spacial score (nSPS) is 21.9. The van der Waals surface area contributed by atoms with E-state index in [0.717, 1.165) is 19.0 Å². The molecule has 0 aromatic carbocycles. The Morgan fingerprint density at radius 2 is 2.17 bits per heavy atom. The average Bonchev–Trinajstić information content (AvgIpc) is 2.82. The molecule has 1 nitrogen and oxygen atoms in total. The highest BCUT2D eigenvalue weighted by molar-refractivity contribution is 5.12. The van der Waals surface area contributed by atoms with Gasteiger partial charge in [-0.25, -0.2) is 0 Å². The van der Waals surface area contributed by atoms with E-state index in [1.807, 2.05) is 0 Å². The first-order valence-electron chi connectivity index (χ1n) is 4.98. The van der Waals surface area contributed by atoms with Gasteiger partial charge < -0.3 is 5.32 Å². The molecule has 0 radical (unpaired) electrons. The second-order valence-corrected chi connectivity index (χ2v) is 4.25. The Kier molecular flexibility index (Phi) is 2.94. The molecule has 1 rings (SSSR count). The highest BCUT2D eigenvalue weighted by atomic mass is 14.9. The Hall–Kier alpha value is -0.300. The highest BCUT2D eigenvalue weighted by Crippen LogP contribution is 2.48. The van der Waals surface area contributed by atoms with Gasteiger partial charge >= 0.3 is 0 Å². The highest BCUT2D eigenvalue weighted by Gasteiger charge is 2.41. The lowest BCUT2D eigenvalue weighted by atomic mass is 9.79. The van der Waals surface area contributed by atoms with Crippen molar-refractivity contribution < 1.29 is 0 Å². The molecule has 1 unspecified atom stereocenters. The Morgan fingerprint density at radius 3 is 2.50 bits per heavy atom. The first kappa shape index (κ1) is 9.79. The van der Waals surface area contributed by atoms with Gasteiger partial charge in [-0.1, -0.05) is 26.0 Å². The molecule has 1 atom stereocenters. The lowest BCUT2D eigenvalue weighted by molar-refractivity contribution is 0.322. The number of nitrogens with one attached hydrogen (secondary N) is 1. The summed E-state index contributed by atoms with van der Waals surface area (Å²) in [4.78, 5) is 0. The van der Waals surface area contributed by atoms with Gasteiger partial charge in [0.2, 0.25) is 0 Å². The zero-order valence-corrected chi connectivity index (χ0v) is 8.61. The summed E-state index contributed by atoms with van der Waals surface area (Å²) in [5.41, 5.74) is 1.70. The van der Waals surface area contributed by atoms with Crippen molar-refractivity contribution in [2.24, 2.45) is 11.3 Å². The van der Waals surface area contributed by atoms with Crippen molar-refractivity contribution in [3.05, 3.63) is 12.2 Å². The minimum atomic E-state index is 0.357. The molecule has 1 aliphatic rings. The zero-order valence-electron chi connectivity index (χ0n) is 8.61. The van der Waals surface area contributed by atoms with Gasteiger partial charge in [0.25, 0.3) is 0 Å². The molecular weight excluding hydrogens is 146 g/mol. The van der Waals surface area contributed by atoms with Crippen molar-refractivity contribution in [1.29, 1.82) is 0 Å². The van der Waals surface area contributed by atoms with Crippen LogP contribution in [0.15, 0.2) is 12.2 Å². The third-order valence-corrected chi connectivity index (χ3v) is 3.20. The Balaban J connectivity index is 2.52. The molecule has 0 spiro atoms. The lowest BCUT2D eigenvalue weighted by Crippen LogP contribution is -2.34. The quantitative estimate of drug-likeness (QED) is 0.621. The van der Waals surface area contributed by atoms with Gasteiger partial charge in [-0.05, 0) is 32.2 Å². The van der Waals surface area contributed by atoms with E-state index >= 15 is 0 Å². The maximum absolute atomic E-state index is 4.10. The number of hydrogen-bond acceptors (Lipinski definition) is 1. The van der Waals surface area contributed by atoms with E-state index in [9.17, 15) is 0 Å². The van der Waals surface area contributed by atoms with Crippen LogP contribution in [0.3, 0.4) is 0 Å². The van der Waals surface area contributed by atoms with Crippen LogP contribution in [0.1, 0.15) is 33.6 Å². The summed E-state index contributed by atoms with van der Waals surface area (Å²) >= 11 is 0. The first-order chi connectivity index (χ1) is 5.61. The summed E-state index contributed by atoms with van der Waals surface area (Å²) in [5.74, 6) is 0.897. The Labute approximate surface area is 76.2 Å². The molecule has 12 heavy (non-hydrogen) atoms. The third-order valence-electron chi connectivity index (χ3n) is 3.20. The van der Waals surface area contributed by atoms with Crippen LogP contribution in [-0.4, -0.2) is 13.1 Å². The maximum Gasteiger partial charge on any atom is 0.00449 e. The van der Waals surface area contributed by atoms with Gasteiger partial charge in [-0.3, -0.25) is 0 Å². The molecule has 0 heterocycles. The summed E-state index contributed by atoms with van der Waals surface area (Å²) in [6.07, 6.45) is 2.80. The van der Waals surface area contributed by atoms with Crippen LogP contribution >= 0.6 is 0 Å². The van der Waals surface area contributed by atoms with Crippen LogP contribution < -0.4 is 5.32 Å². The van der Waals surface area contributed by atoms with Crippen LogP contribution in [-0.2, 0) is 0 Å². The average molecular weight is 167 g/mol. The predicted molar refractivity (Wildman–Crippen MR) is 54.2 cm³/mol. The van der Waals surface area contributed by atoms with E-state index in [4.69, 9.17) is 0 Å². The minimum Gasteiger partial charge on any atom is -0.316 e. The summed E-state index contributed by atoms with van der Waals surface area (Å²) in [6, 6.07) is 0. The van der Waals surface area contributed by atoms with Crippen molar-refractivity contribution >= 4 is 0 Å². The molecule has 0 bridgehead atoms. The first-order valence-corrected chi connectivity index (χ1v) is 4.98. The van der Waals surface area contributed by atoms with Crippen molar-refractivity contribution in [3.63, 3.8) is 0 Å². The summed E-state index contributed by atoms with van der Waals surface area (Å²) in [6.45, 7) is 12.9. The van der Waals surface area contributed by atoms with Crippen molar-refractivity contribution in [1.82, 2.24) is 5.32 Å². The molecule has 1 N–H and O–H groups in total. The van der Waals surface area contributed by atoms with Gasteiger partial charge in [-0.2, -0.15) is 0 Å². The summed E-state index contributed by atoms with van der Waals surface area (Å²) < 4.78 is 0. The van der Waals surface area contributed by atoms with E-state index in [1.165, 1.54) is 18.4 Å². The van der Waals surface area contributed by atoms with E-state index in [2.05, 4.69) is 32.7 Å². The predicted octanol–water partition coefficient (Wildman–Crippen LogP) is 2.59. The molecule has 0 aromatic rings.